The Kier molecular flexibility index (Phi) is 6.22. The summed E-state index contributed by atoms with van der Waals surface area (Å²) in [5.74, 6) is 0.799. The molecule has 1 atom stereocenters. The average Bonchev–Trinajstić information content (AvgIpc) is 3.45. The predicted molar refractivity (Wildman–Crippen MR) is 114 cm³/mol. The molecule has 2 aliphatic heterocycles. The number of benzene rings is 1. The highest BCUT2D eigenvalue weighted by Gasteiger charge is 2.41. The van der Waals surface area contributed by atoms with Crippen LogP contribution in [0.4, 0.5) is 10.2 Å². The number of para-hydroxylation sites is 1. The van der Waals surface area contributed by atoms with Gasteiger partial charge in [0.1, 0.15) is 11.6 Å². The monoisotopic (exact) mass is 424 g/mol. The van der Waals surface area contributed by atoms with Crippen LogP contribution in [0.15, 0.2) is 64.5 Å². The van der Waals surface area contributed by atoms with Gasteiger partial charge in [0.05, 0.1) is 6.20 Å². The summed E-state index contributed by atoms with van der Waals surface area (Å²) < 4.78 is 17.5. The minimum absolute atomic E-state index is 0.124. The lowest BCUT2D eigenvalue weighted by atomic mass is 9.96. The Bertz CT molecular complexity index is 1010. The Morgan fingerprint density at radius 1 is 1.19 bits per heavy atom. The molecule has 8 nitrogen and oxygen atoms in total. The zero-order valence-corrected chi connectivity index (χ0v) is 17.1. The number of hydrogen-bond acceptors (Lipinski definition) is 7. The van der Waals surface area contributed by atoms with Crippen LogP contribution in [0.3, 0.4) is 0 Å². The van der Waals surface area contributed by atoms with Crippen molar-refractivity contribution in [1.82, 2.24) is 10.3 Å². The summed E-state index contributed by atoms with van der Waals surface area (Å²) in [5, 5.41) is 10.6. The van der Waals surface area contributed by atoms with Crippen LogP contribution in [-0.2, 0) is 17.8 Å². The Morgan fingerprint density at radius 3 is 2.81 bits per heavy atom. The number of carbonyl (C=O) groups excluding carboxylic acids is 1. The Morgan fingerprint density at radius 2 is 2.00 bits per heavy atom. The summed E-state index contributed by atoms with van der Waals surface area (Å²) in [6.45, 7) is 1.18. The molecular formula is C22H25FN6O2. The second-order valence-corrected chi connectivity index (χ2v) is 7.54. The fraction of sp³-hybridized carbons (Fsp3) is 0.364. The number of amides is 1. The molecule has 1 aromatic heterocycles. The second kappa shape index (κ2) is 9.22. The van der Waals surface area contributed by atoms with E-state index in [1.54, 1.807) is 24.3 Å². The molecule has 3 heterocycles. The first-order chi connectivity index (χ1) is 15.1. The SMILES string of the molecule is NC1(C(=O)NCc2ccccc2OCF)N=NC=C1Cc1cccc(N2CCCC2)n1. The van der Waals surface area contributed by atoms with E-state index in [9.17, 15) is 9.18 Å². The van der Waals surface area contributed by atoms with E-state index in [2.05, 4.69) is 20.4 Å². The summed E-state index contributed by atoms with van der Waals surface area (Å²) in [6, 6.07) is 12.8. The highest BCUT2D eigenvalue weighted by atomic mass is 19.1. The highest BCUT2D eigenvalue weighted by Crippen LogP contribution is 2.28. The molecule has 1 aromatic carbocycles. The molecule has 1 unspecified atom stereocenters. The first-order valence-electron chi connectivity index (χ1n) is 10.3. The molecule has 2 aromatic rings. The molecule has 31 heavy (non-hydrogen) atoms. The quantitative estimate of drug-likeness (QED) is 0.678. The number of hydrogen-bond donors (Lipinski definition) is 2. The Labute approximate surface area is 180 Å². The molecule has 0 aliphatic carbocycles. The molecule has 9 heteroatoms. The molecule has 162 valence electrons. The molecule has 0 spiro atoms. The maximum Gasteiger partial charge on any atom is 0.269 e. The Hall–Kier alpha value is -3.33. The molecule has 4 rings (SSSR count). The van der Waals surface area contributed by atoms with Crippen LogP contribution in [-0.4, -0.2) is 36.5 Å². The third kappa shape index (κ3) is 4.56. The van der Waals surface area contributed by atoms with Crippen molar-refractivity contribution in [2.75, 3.05) is 24.9 Å². The standard InChI is InChI=1S/C22H25FN6O2/c23-15-31-19-8-2-1-6-16(19)13-25-21(30)22(24)17(14-26-28-22)12-18-7-5-9-20(27-18)29-10-3-4-11-29/h1-2,5-9,14H,3-4,10-13,15,24H2,(H,25,30). The second-order valence-electron chi connectivity index (χ2n) is 7.54. The van der Waals surface area contributed by atoms with Gasteiger partial charge < -0.3 is 15.0 Å². The van der Waals surface area contributed by atoms with Crippen LogP contribution in [0.2, 0.25) is 0 Å². The number of aromatic nitrogens is 1. The Balaban J connectivity index is 1.44. The third-order valence-electron chi connectivity index (χ3n) is 5.48. The van der Waals surface area contributed by atoms with Gasteiger partial charge in [0.2, 0.25) is 12.5 Å². The molecule has 1 fully saturated rings. The van der Waals surface area contributed by atoms with Crippen molar-refractivity contribution in [2.45, 2.75) is 31.5 Å². The summed E-state index contributed by atoms with van der Waals surface area (Å²) in [7, 11) is 0. The minimum Gasteiger partial charge on any atom is -0.463 e. The lowest BCUT2D eigenvalue weighted by Gasteiger charge is -2.23. The summed E-state index contributed by atoms with van der Waals surface area (Å²) in [4.78, 5) is 19.9. The number of carbonyl (C=O) groups is 1. The van der Waals surface area contributed by atoms with Crippen molar-refractivity contribution >= 4 is 11.7 Å². The van der Waals surface area contributed by atoms with E-state index in [1.807, 2.05) is 18.2 Å². The maximum atomic E-state index is 12.9. The van der Waals surface area contributed by atoms with Gasteiger partial charge in [0, 0.05) is 42.9 Å². The largest absolute Gasteiger partial charge is 0.463 e. The van der Waals surface area contributed by atoms with Crippen molar-refractivity contribution < 1.29 is 13.9 Å². The van der Waals surface area contributed by atoms with E-state index in [4.69, 9.17) is 15.5 Å². The zero-order valence-electron chi connectivity index (χ0n) is 17.1. The van der Waals surface area contributed by atoms with Gasteiger partial charge in [0.25, 0.3) is 5.91 Å². The summed E-state index contributed by atoms with van der Waals surface area (Å²) in [5.41, 5.74) is 6.73. The minimum atomic E-state index is -1.61. The molecule has 1 amide bonds. The van der Waals surface area contributed by atoms with E-state index in [1.165, 1.54) is 19.0 Å². The van der Waals surface area contributed by atoms with Crippen molar-refractivity contribution in [3.63, 3.8) is 0 Å². The number of nitrogens with two attached hydrogens (primary N) is 1. The van der Waals surface area contributed by atoms with Gasteiger partial charge in [-0.2, -0.15) is 10.2 Å². The molecule has 0 bridgehead atoms. The van der Waals surface area contributed by atoms with Crippen LogP contribution >= 0.6 is 0 Å². The fourth-order valence-corrected chi connectivity index (χ4v) is 3.77. The van der Waals surface area contributed by atoms with Gasteiger partial charge in [-0.15, -0.1) is 0 Å². The van der Waals surface area contributed by atoms with E-state index < -0.39 is 18.4 Å². The number of pyridine rings is 1. The van der Waals surface area contributed by atoms with E-state index in [-0.39, 0.29) is 6.54 Å². The summed E-state index contributed by atoms with van der Waals surface area (Å²) in [6.07, 6.45) is 4.21. The van der Waals surface area contributed by atoms with Crippen LogP contribution in [0, 0.1) is 0 Å². The number of nitrogens with zero attached hydrogens (tertiary/aromatic N) is 4. The van der Waals surface area contributed by atoms with E-state index in [0.717, 1.165) is 24.6 Å². The zero-order chi connectivity index (χ0) is 21.7. The summed E-state index contributed by atoms with van der Waals surface area (Å²) >= 11 is 0. The van der Waals surface area contributed by atoms with E-state index in [0.29, 0.717) is 23.3 Å². The maximum absolute atomic E-state index is 12.9. The first kappa shape index (κ1) is 20.9. The van der Waals surface area contributed by atoms with Crippen LogP contribution < -0.4 is 20.7 Å². The lowest BCUT2D eigenvalue weighted by Crippen LogP contribution is -2.53. The van der Waals surface area contributed by atoms with Crippen molar-refractivity contribution in [3.05, 3.63) is 65.5 Å². The molecule has 1 saturated heterocycles. The number of anilines is 1. The van der Waals surface area contributed by atoms with Gasteiger partial charge in [-0.3, -0.25) is 10.5 Å². The molecule has 0 radical (unpaired) electrons. The van der Waals surface area contributed by atoms with Crippen molar-refractivity contribution in [1.29, 1.82) is 0 Å². The highest BCUT2D eigenvalue weighted by molar-refractivity contribution is 5.89. The van der Waals surface area contributed by atoms with Gasteiger partial charge in [-0.05, 0) is 31.0 Å². The average molecular weight is 424 g/mol. The number of rotatable bonds is 8. The molecular weight excluding hydrogens is 399 g/mol. The predicted octanol–water partition coefficient (Wildman–Crippen LogP) is 2.85. The van der Waals surface area contributed by atoms with Crippen molar-refractivity contribution in [2.24, 2.45) is 16.0 Å². The number of nitrogens with one attached hydrogen (secondary N) is 1. The van der Waals surface area contributed by atoms with Crippen molar-refractivity contribution in [3.8, 4) is 5.75 Å². The van der Waals surface area contributed by atoms with Gasteiger partial charge >= 0.3 is 0 Å². The fourth-order valence-electron chi connectivity index (χ4n) is 3.77. The lowest BCUT2D eigenvalue weighted by molar-refractivity contribution is -0.125. The third-order valence-corrected chi connectivity index (χ3v) is 5.48. The van der Waals surface area contributed by atoms with E-state index >= 15 is 0 Å². The number of azo groups is 1. The number of alkyl halides is 1. The normalized spacial score (nSPS) is 20.1. The van der Waals surface area contributed by atoms with Gasteiger partial charge in [0.15, 0.2) is 0 Å². The van der Waals surface area contributed by atoms with Crippen LogP contribution in [0.5, 0.6) is 5.75 Å². The van der Waals surface area contributed by atoms with Crippen LogP contribution in [0.1, 0.15) is 24.1 Å². The van der Waals surface area contributed by atoms with Gasteiger partial charge in [-0.1, -0.05) is 24.3 Å². The van der Waals surface area contributed by atoms with Crippen LogP contribution in [0.25, 0.3) is 0 Å². The molecule has 0 saturated carbocycles. The topological polar surface area (TPSA) is 105 Å². The molecule has 3 N–H and O–H groups in total. The van der Waals surface area contributed by atoms with Gasteiger partial charge in [-0.25, -0.2) is 9.37 Å². The number of halogens is 1. The number of ether oxygens (including phenoxy) is 1. The smallest absolute Gasteiger partial charge is 0.269 e. The molecule has 2 aliphatic rings. The first-order valence-corrected chi connectivity index (χ1v) is 10.3.